The number of benzene rings is 3. The minimum atomic E-state index is -3.83. The summed E-state index contributed by atoms with van der Waals surface area (Å²) in [4.78, 5) is 13.4. The molecule has 0 saturated heterocycles. The zero-order chi connectivity index (χ0) is 26.3. The Morgan fingerprint density at radius 3 is 2.42 bits per heavy atom. The molecule has 0 spiro atoms. The first-order valence-corrected chi connectivity index (χ1v) is 14.9. The topological polar surface area (TPSA) is 96.6 Å². The molecule has 1 atom stereocenters. The Hall–Kier alpha value is -3.58. The quantitative estimate of drug-likeness (QED) is 0.297. The van der Waals surface area contributed by atoms with Crippen LogP contribution < -0.4 is 10.3 Å². The van der Waals surface area contributed by atoms with E-state index in [-0.39, 0.29) is 22.5 Å². The number of hydrogen-bond donors (Lipinski definition) is 2. The Labute approximate surface area is 222 Å². The van der Waals surface area contributed by atoms with Gasteiger partial charge in [-0.25, -0.2) is 13.2 Å². The Bertz CT molecular complexity index is 1670. The third-order valence-electron chi connectivity index (χ3n) is 7.83. The van der Waals surface area contributed by atoms with Crippen LogP contribution in [0.3, 0.4) is 0 Å². The number of fused-ring (bicyclic) bond motifs is 2. The standard InChI is InChI=1S/C31H31NO5S/c33-30-26-12-3-1-2-4-13-27(26)37-31(34)29(30)28(21-14-15-21)23-10-7-11-24(18-23)32-38(35,36)25-17-16-20-8-5-6-9-22(20)19-25/h5-11,16-19,21,28,32-33H,1-4,12-15H2. The summed E-state index contributed by atoms with van der Waals surface area (Å²) in [7, 11) is -3.83. The first-order chi connectivity index (χ1) is 18.4. The number of rotatable bonds is 6. The van der Waals surface area contributed by atoms with Crippen LogP contribution in [0.25, 0.3) is 10.8 Å². The largest absolute Gasteiger partial charge is 0.507 e. The molecular weight excluding hydrogens is 498 g/mol. The molecule has 1 saturated carbocycles. The molecule has 1 unspecified atom stereocenters. The summed E-state index contributed by atoms with van der Waals surface area (Å²) in [5, 5.41) is 13.2. The number of aromatic hydroxyl groups is 1. The average Bonchev–Trinajstić information content (AvgIpc) is 3.72. The minimum Gasteiger partial charge on any atom is -0.507 e. The normalized spacial score (nSPS) is 16.8. The van der Waals surface area contributed by atoms with Crippen molar-refractivity contribution in [1.29, 1.82) is 0 Å². The maximum absolute atomic E-state index is 13.3. The zero-order valence-electron chi connectivity index (χ0n) is 21.2. The summed E-state index contributed by atoms with van der Waals surface area (Å²) in [6.45, 7) is 0. The lowest BCUT2D eigenvalue weighted by atomic mass is 9.85. The van der Waals surface area contributed by atoms with E-state index in [4.69, 9.17) is 4.42 Å². The highest BCUT2D eigenvalue weighted by Crippen LogP contribution is 2.49. The van der Waals surface area contributed by atoms with E-state index in [1.54, 1.807) is 36.4 Å². The first kappa shape index (κ1) is 24.7. The average molecular weight is 530 g/mol. The molecular formula is C31H31NO5S. The molecule has 6 rings (SSSR count). The van der Waals surface area contributed by atoms with Gasteiger partial charge in [0, 0.05) is 23.6 Å². The zero-order valence-corrected chi connectivity index (χ0v) is 22.0. The van der Waals surface area contributed by atoms with Crippen LogP contribution in [-0.2, 0) is 22.9 Å². The summed E-state index contributed by atoms with van der Waals surface area (Å²) < 4.78 is 35.0. The van der Waals surface area contributed by atoms with E-state index < -0.39 is 15.6 Å². The van der Waals surface area contributed by atoms with Crippen molar-refractivity contribution in [3.05, 3.63) is 99.6 Å². The van der Waals surface area contributed by atoms with Crippen molar-refractivity contribution in [3.8, 4) is 5.75 Å². The van der Waals surface area contributed by atoms with Gasteiger partial charge >= 0.3 is 5.63 Å². The molecule has 2 aliphatic carbocycles. The first-order valence-electron chi connectivity index (χ1n) is 13.4. The molecule has 2 aliphatic rings. The molecule has 196 valence electrons. The second kappa shape index (κ2) is 9.95. The fraction of sp³-hybridized carbons (Fsp3) is 0.323. The summed E-state index contributed by atoms with van der Waals surface area (Å²) in [5.74, 6) is 0.523. The molecule has 0 amide bonds. The van der Waals surface area contributed by atoms with Crippen molar-refractivity contribution in [1.82, 2.24) is 0 Å². The fourth-order valence-corrected chi connectivity index (χ4v) is 6.83. The van der Waals surface area contributed by atoms with Gasteiger partial charge in [-0.2, -0.15) is 0 Å². The monoisotopic (exact) mass is 529 g/mol. The van der Waals surface area contributed by atoms with Crippen LogP contribution in [0.5, 0.6) is 5.75 Å². The number of anilines is 1. The van der Waals surface area contributed by atoms with Gasteiger partial charge in [0.25, 0.3) is 10.0 Å². The molecule has 38 heavy (non-hydrogen) atoms. The van der Waals surface area contributed by atoms with Crippen LogP contribution in [0.2, 0.25) is 0 Å². The van der Waals surface area contributed by atoms with Crippen molar-refractivity contribution in [2.24, 2.45) is 5.92 Å². The Kier molecular flexibility index (Phi) is 6.48. The smallest absolute Gasteiger partial charge is 0.343 e. The van der Waals surface area contributed by atoms with E-state index in [0.717, 1.165) is 60.4 Å². The molecule has 0 bridgehead atoms. The van der Waals surface area contributed by atoms with Crippen molar-refractivity contribution in [2.45, 2.75) is 62.2 Å². The second-order valence-electron chi connectivity index (χ2n) is 10.5. The maximum Gasteiger partial charge on any atom is 0.343 e. The van der Waals surface area contributed by atoms with E-state index in [1.165, 1.54) is 0 Å². The summed E-state index contributed by atoms with van der Waals surface area (Å²) in [6, 6.07) is 19.8. The highest BCUT2D eigenvalue weighted by Gasteiger charge is 2.38. The molecule has 3 aromatic carbocycles. The van der Waals surface area contributed by atoms with Crippen molar-refractivity contribution in [2.75, 3.05) is 4.72 Å². The lowest BCUT2D eigenvalue weighted by molar-refractivity contribution is 0.382. The molecule has 1 fully saturated rings. The van der Waals surface area contributed by atoms with Crippen LogP contribution in [-0.4, -0.2) is 13.5 Å². The Morgan fingerprint density at radius 2 is 1.63 bits per heavy atom. The van der Waals surface area contributed by atoms with Gasteiger partial charge in [-0.3, -0.25) is 4.72 Å². The molecule has 1 aromatic heterocycles. The van der Waals surface area contributed by atoms with E-state index in [2.05, 4.69) is 4.72 Å². The third-order valence-corrected chi connectivity index (χ3v) is 9.21. The van der Waals surface area contributed by atoms with Gasteiger partial charge in [-0.15, -0.1) is 0 Å². The number of sulfonamides is 1. The maximum atomic E-state index is 13.3. The number of nitrogens with one attached hydrogen (secondary N) is 1. The molecule has 0 aliphatic heterocycles. The van der Waals surface area contributed by atoms with Crippen molar-refractivity contribution >= 4 is 26.5 Å². The van der Waals surface area contributed by atoms with Gasteiger partial charge in [-0.05, 0) is 78.6 Å². The molecule has 1 heterocycles. The van der Waals surface area contributed by atoms with Gasteiger partial charge < -0.3 is 9.52 Å². The van der Waals surface area contributed by atoms with E-state index in [0.29, 0.717) is 29.9 Å². The van der Waals surface area contributed by atoms with Gasteiger partial charge in [0.05, 0.1) is 10.5 Å². The SMILES string of the molecule is O=c1oc2c(c(O)c1C(c1cccc(NS(=O)(=O)c3ccc4ccccc4c3)c1)C1CC1)CCCCCC2. The van der Waals surface area contributed by atoms with Gasteiger partial charge in [0.1, 0.15) is 11.5 Å². The molecule has 2 N–H and O–H groups in total. The Morgan fingerprint density at radius 1 is 0.868 bits per heavy atom. The summed E-state index contributed by atoms with van der Waals surface area (Å²) in [6.07, 6.45) is 7.33. The molecule has 6 nitrogen and oxygen atoms in total. The number of hydrogen-bond acceptors (Lipinski definition) is 5. The number of aryl methyl sites for hydroxylation is 1. The van der Waals surface area contributed by atoms with Crippen molar-refractivity contribution < 1.29 is 17.9 Å². The van der Waals surface area contributed by atoms with Gasteiger partial charge in [0.15, 0.2) is 0 Å². The van der Waals surface area contributed by atoms with Gasteiger partial charge in [-0.1, -0.05) is 55.3 Å². The van der Waals surface area contributed by atoms with E-state index in [9.17, 15) is 18.3 Å². The Balaban J connectivity index is 1.36. The van der Waals surface area contributed by atoms with Crippen LogP contribution in [0.1, 0.15) is 66.9 Å². The minimum absolute atomic E-state index is 0.0668. The van der Waals surface area contributed by atoms with E-state index in [1.807, 2.05) is 30.3 Å². The summed E-state index contributed by atoms with van der Waals surface area (Å²) in [5.41, 5.74) is 1.79. The van der Waals surface area contributed by atoms with Crippen LogP contribution in [0.4, 0.5) is 5.69 Å². The fourth-order valence-electron chi connectivity index (χ4n) is 5.74. The van der Waals surface area contributed by atoms with Gasteiger partial charge in [0.2, 0.25) is 0 Å². The summed E-state index contributed by atoms with van der Waals surface area (Å²) >= 11 is 0. The highest BCUT2D eigenvalue weighted by molar-refractivity contribution is 7.92. The second-order valence-corrected chi connectivity index (χ2v) is 12.2. The molecule has 4 aromatic rings. The lowest BCUT2D eigenvalue weighted by Gasteiger charge is -2.22. The lowest BCUT2D eigenvalue weighted by Crippen LogP contribution is -2.19. The highest BCUT2D eigenvalue weighted by atomic mass is 32.2. The predicted molar refractivity (Wildman–Crippen MR) is 148 cm³/mol. The predicted octanol–water partition coefficient (Wildman–Crippen LogP) is 6.50. The van der Waals surface area contributed by atoms with Crippen molar-refractivity contribution in [3.63, 3.8) is 0 Å². The molecule has 7 heteroatoms. The van der Waals surface area contributed by atoms with Crippen LogP contribution in [0, 0.1) is 5.92 Å². The van der Waals surface area contributed by atoms with Crippen LogP contribution >= 0.6 is 0 Å². The molecule has 0 radical (unpaired) electrons. The van der Waals surface area contributed by atoms with E-state index >= 15 is 0 Å². The third kappa shape index (κ3) is 4.83. The van der Waals surface area contributed by atoms with Crippen LogP contribution in [0.15, 0.2) is 80.8 Å².